The van der Waals surface area contributed by atoms with E-state index in [-0.39, 0.29) is 12.5 Å². The number of esters is 1. The number of amides is 1. The number of aromatic amines is 1. The molecular weight excluding hydrogens is 428 g/mol. The van der Waals surface area contributed by atoms with Crippen molar-refractivity contribution in [2.24, 2.45) is 0 Å². The van der Waals surface area contributed by atoms with Crippen LogP contribution >= 0.6 is 23.1 Å². The zero-order valence-corrected chi connectivity index (χ0v) is 18.6. The summed E-state index contributed by atoms with van der Waals surface area (Å²) in [7, 11) is 0. The zero-order valence-electron chi connectivity index (χ0n) is 17.0. The second-order valence-electron chi connectivity index (χ2n) is 7.02. The van der Waals surface area contributed by atoms with Gasteiger partial charge in [-0.2, -0.15) is 0 Å². The molecule has 158 valence electrons. The normalized spacial score (nSPS) is 11.9. The molecule has 2 N–H and O–H groups in total. The lowest BCUT2D eigenvalue weighted by Crippen LogP contribution is -2.43. The fourth-order valence-electron chi connectivity index (χ4n) is 3.33. The molecule has 4 rings (SSSR count). The highest BCUT2D eigenvalue weighted by molar-refractivity contribution is 7.98. The lowest BCUT2D eigenvalue weighted by atomic mass is 10.0. The van der Waals surface area contributed by atoms with E-state index in [0.717, 1.165) is 26.9 Å². The number of rotatable bonds is 8. The third-order valence-corrected chi connectivity index (χ3v) is 6.59. The van der Waals surface area contributed by atoms with E-state index < -0.39 is 12.0 Å². The number of ether oxygens (including phenoxy) is 1. The van der Waals surface area contributed by atoms with Crippen molar-refractivity contribution in [2.75, 3.05) is 6.26 Å². The minimum Gasteiger partial charge on any atom is -0.459 e. The highest BCUT2D eigenvalue weighted by Gasteiger charge is 2.25. The molecular formula is C24H22N2O3S2. The molecule has 4 aromatic rings. The molecule has 2 aromatic heterocycles. The van der Waals surface area contributed by atoms with Crippen molar-refractivity contribution in [3.8, 4) is 0 Å². The summed E-state index contributed by atoms with van der Waals surface area (Å²) in [6.45, 7) is 0.159. The molecule has 2 aromatic carbocycles. The van der Waals surface area contributed by atoms with Crippen LogP contribution in [0.25, 0.3) is 10.9 Å². The predicted molar refractivity (Wildman–Crippen MR) is 126 cm³/mol. The summed E-state index contributed by atoms with van der Waals surface area (Å²) in [5.41, 5.74) is 2.85. The minimum absolute atomic E-state index is 0.159. The van der Waals surface area contributed by atoms with Gasteiger partial charge in [-0.25, -0.2) is 4.79 Å². The van der Waals surface area contributed by atoms with Gasteiger partial charge in [-0.3, -0.25) is 4.79 Å². The topological polar surface area (TPSA) is 71.2 Å². The number of nitrogens with one attached hydrogen (secondary N) is 2. The van der Waals surface area contributed by atoms with Gasteiger partial charge in [0.15, 0.2) is 0 Å². The summed E-state index contributed by atoms with van der Waals surface area (Å²) >= 11 is 2.99. The Morgan fingerprint density at radius 3 is 2.65 bits per heavy atom. The molecule has 0 saturated heterocycles. The maximum atomic E-state index is 13.0. The number of carbonyl (C=O) groups excluding carboxylic acids is 2. The van der Waals surface area contributed by atoms with Crippen molar-refractivity contribution in [1.82, 2.24) is 10.3 Å². The first kappa shape index (κ1) is 21.2. The monoisotopic (exact) mass is 450 g/mol. The fraction of sp³-hybridized carbons (Fsp3) is 0.167. The number of hydrogen-bond donors (Lipinski definition) is 2. The number of hydrogen-bond acceptors (Lipinski definition) is 5. The SMILES string of the molecule is CSc1ccc(COC(=O)[C@@H](Cc2c[nH]c3ccccc23)NC(=O)c2cccs2)cc1. The highest BCUT2D eigenvalue weighted by atomic mass is 32.2. The number of thioether (sulfide) groups is 1. The Balaban J connectivity index is 1.50. The molecule has 0 aliphatic rings. The van der Waals surface area contributed by atoms with Crippen LogP contribution in [0, 0.1) is 0 Å². The lowest BCUT2D eigenvalue weighted by Gasteiger charge is -2.17. The largest absolute Gasteiger partial charge is 0.459 e. The van der Waals surface area contributed by atoms with Gasteiger partial charge in [0.2, 0.25) is 0 Å². The van der Waals surface area contributed by atoms with E-state index in [1.165, 1.54) is 11.3 Å². The van der Waals surface area contributed by atoms with E-state index in [0.29, 0.717) is 11.3 Å². The number of aromatic nitrogens is 1. The Morgan fingerprint density at radius 1 is 1.10 bits per heavy atom. The van der Waals surface area contributed by atoms with Crippen molar-refractivity contribution in [3.63, 3.8) is 0 Å². The molecule has 7 heteroatoms. The number of H-pyrrole nitrogens is 1. The van der Waals surface area contributed by atoms with E-state index in [1.807, 2.05) is 72.4 Å². The number of thiophene rings is 1. The number of para-hydroxylation sites is 1. The summed E-state index contributed by atoms with van der Waals surface area (Å²) in [4.78, 5) is 30.5. The summed E-state index contributed by atoms with van der Waals surface area (Å²) in [5, 5.41) is 5.72. The molecule has 0 unspecified atom stereocenters. The summed E-state index contributed by atoms with van der Waals surface area (Å²) in [6, 6.07) is 18.5. The molecule has 0 saturated carbocycles. The molecule has 0 radical (unpaired) electrons. The van der Waals surface area contributed by atoms with Crippen molar-refractivity contribution in [2.45, 2.75) is 24.0 Å². The Labute approximate surface area is 188 Å². The van der Waals surface area contributed by atoms with Crippen molar-refractivity contribution < 1.29 is 14.3 Å². The van der Waals surface area contributed by atoms with Crippen LogP contribution in [0.5, 0.6) is 0 Å². The summed E-state index contributed by atoms with van der Waals surface area (Å²) < 4.78 is 5.58. The van der Waals surface area contributed by atoms with E-state index in [2.05, 4.69) is 10.3 Å². The van der Waals surface area contributed by atoms with Crippen LogP contribution in [0.3, 0.4) is 0 Å². The number of benzene rings is 2. The Bertz CT molecular complexity index is 1170. The predicted octanol–water partition coefficient (Wildman–Crippen LogP) is 5.04. The van der Waals surface area contributed by atoms with E-state index in [1.54, 1.807) is 17.8 Å². The average molecular weight is 451 g/mol. The minimum atomic E-state index is -0.792. The van der Waals surface area contributed by atoms with Crippen molar-refractivity contribution in [1.29, 1.82) is 0 Å². The van der Waals surface area contributed by atoms with Crippen LogP contribution in [0.2, 0.25) is 0 Å². The van der Waals surface area contributed by atoms with Crippen LogP contribution in [0.1, 0.15) is 20.8 Å². The van der Waals surface area contributed by atoms with Crippen LogP contribution in [0.15, 0.2) is 77.1 Å². The van der Waals surface area contributed by atoms with Gasteiger partial charge in [0, 0.05) is 28.4 Å². The van der Waals surface area contributed by atoms with E-state index >= 15 is 0 Å². The molecule has 0 aliphatic heterocycles. The van der Waals surface area contributed by atoms with Gasteiger partial charge < -0.3 is 15.0 Å². The smallest absolute Gasteiger partial charge is 0.329 e. The summed E-state index contributed by atoms with van der Waals surface area (Å²) in [6.07, 6.45) is 4.23. The molecule has 5 nitrogen and oxygen atoms in total. The van der Waals surface area contributed by atoms with Gasteiger partial charge in [0.05, 0.1) is 4.88 Å². The first-order valence-corrected chi connectivity index (χ1v) is 11.9. The molecule has 1 atom stereocenters. The maximum absolute atomic E-state index is 13.0. The van der Waals surface area contributed by atoms with Gasteiger partial charge >= 0.3 is 5.97 Å². The van der Waals surface area contributed by atoms with Gasteiger partial charge in [-0.1, -0.05) is 36.4 Å². The Kier molecular flexibility index (Phi) is 6.74. The molecule has 0 spiro atoms. The van der Waals surface area contributed by atoms with Gasteiger partial charge in [-0.15, -0.1) is 23.1 Å². The molecule has 1 amide bonds. The lowest BCUT2D eigenvalue weighted by molar-refractivity contribution is -0.147. The average Bonchev–Trinajstić information content (AvgIpc) is 3.48. The van der Waals surface area contributed by atoms with Crippen molar-refractivity contribution >= 4 is 45.9 Å². The standard InChI is InChI=1S/C24H22N2O3S2/c1-30-18-10-8-16(9-11-18)15-29-24(28)21(26-23(27)22-7-4-12-31-22)13-17-14-25-20-6-3-2-5-19(17)20/h2-12,14,21,25H,13,15H2,1H3,(H,26,27)/t21-/m1/s1. The molecule has 31 heavy (non-hydrogen) atoms. The first-order chi connectivity index (χ1) is 15.1. The number of fused-ring (bicyclic) bond motifs is 1. The van der Waals surface area contributed by atoms with Crippen LogP contribution in [-0.2, 0) is 22.6 Å². The second-order valence-corrected chi connectivity index (χ2v) is 8.85. The third-order valence-electron chi connectivity index (χ3n) is 4.97. The van der Waals surface area contributed by atoms with E-state index in [9.17, 15) is 9.59 Å². The number of carbonyl (C=O) groups is 2. The van der Waals surface area contributed by atoms with Crippen LogP contribution in [0.4, 0.5) is 0 Å². The van der Waals surface area contributed by atoms with Crippen LogP contribution < -0.4 is 5.32 Å². The van der Waals surface area contributed by atoms with Gasteiger partial charge in [-0.05, 0) is 47.0 Å². The molecule has 0 aliphatic carbocycles. The van der Waals surface area contributed by atoms with Gasteiger partial charge in [0.25, 0.3) is 5.91 Å². The highest BCUT2D eigenvalue weighted by Crippen LogP contribution is 2.20. The second kappa shape index (κ2) is 9.85. The fourth-order valence-corrected chi connectivity index (χ4v) is 4.36. The Hall–Kier alpha value is -3.03. The first-order valence-electron chi connectivity index (χ1n) is 9.83. The van der Waals surface area contributed by atoms with Crippen LogP contribution in [-0.4, -0.2) is 29.2 Å². The maximum Gasteiger partial charge on any atom is 0.329 e. The summed E-state index contributed by atoms with van der Waals surface area (Å²) in [5.74, 6) is -0.731. The molecule has 0 fully saturated rings. The van der Waals surface area contributed by atoms with Crippen molar-refractivity contribution in [3.05, 3.63) is 88.2 Å². The molecule has 2 heterocycles. The Morgan fingerprint density at radius 2 is 1.90 bits per heavy atom. The quantitative estimate of drug-likeness (QED) is 0.292. The third kappa shape index (κ3) is 5.18. The molecule has 0 bridgehead atoms. The van der Waals surface area contributed by atoms with Gasteiger partial charge in [0.1, 0.15) is 12.6 Å². The zero-order chi connectivity index (χ0) is 21.6. The van der Waals surface area contributed by atoms with E-state index in [4.69, 9.17) is 4.74 Å².